The fraction of sp³-hybridized carbons (Fsp3) is 0.727. The first-order valence-electron chi connectivity index (χ1n) is 9.97. The van der Waals surface area contributed by atoms with E-state index in [1.165, 1.54) is 19.1 Å². The molecule has 0 aromatic carbocycles. The van der Waals surface area contributed by atoms with Crippen LogP contribution in [0.3, 0.4) is 0 Å². The summed E-state index contributed by atoms with van der Waals surface area (Å²) in [7, 11) is 0. The summed E-state index contributed by atoms with van der Waals surface area (Å²) in [6.07, 6.45) is 4.93. The van der Waals surface area contributed by atoms with Crippen molar-refractivity contribution in [2.45, 2.75) is 70.8 Å². The molecule has 2 N–H and O–H groups in total. The molecule has 148 valence electrons. The van der Waals surface area contributed by atoms with Crippen molar-refractivity contribution in [1.82, 2.24) is 0 Å². The second kappa shape index (κ2) is 5.38. The number of fused-ring (bicyclic) bond motifs is 5. The number of alkyl halides is 1. The molecule has 3 unspecified atom stereocenters. The molecule has 0 aliphatic heterocycles. The van der Waals surface area contributed by atoms with Crippen LogP contribution in [0.4, 0.5) is 4.39 Å². The minimum atomic E-state index is -1.92. The van der Waals surface area contributed by atoms with Crippen LogP contribution in [0.25, 0.3) is 0 Å². The number of rotatable bonds is 1. The van der Waals surface area contributed by atoms with Gasteiger partial charge in [-0.2, -0.15) is 0 Å². The Labute approximate surface area is 159 Å². The van der Waals surface area contributed by atoms with Crippen molar-refractivity contribution >= 4 is 11.6 Å². The predicted molar refractivity (Wildman–Crippen MR) is 98.5 cm³/mol. The van der Waals surface area contributed by atoms with Crippen LogP contribution in [0.2, 0.25) is 0 Å². The molecule has 3 saturated carbocycles. The largest absolute Gasteiger partial charge is 0.390 e. The van der Waals surface area contributed by atoms with E-state index in [4.69, 9.17) is 0 Å². The number of Topliss-reactive ketones (excluding diaryl/α,β-unsaturated/α-hetero) is 1. The summed E-state index contributed by atoms with van der Waals surface area (Å²) in [4.78, 5) is 24.3. The van der Waals surface area contributed by atoms with Crippen molar-refractivity contribution in [3.8, 4) is 0 Å². The lowest BCUT2D eigenvalue weighted by molar-refractivity contribution is -0.218. The van der Waals surface area contributed by atoms with Crippen LogP contribution in [0.1, 0.15) is 53.4 Å². The summed E-state index contributed by atoms with van der Waals surface area (Å²) < 4.78 is 16.8. The molecule has 4 rings (SSSR count). The second-order valence-corrected chi connectivity index (χ2v) is 9.72. The molecule has 0 heterocycles. The van der Waals surface area contributed by atoms with Gasteiger partial charge in [0.25, 0.3) is 0 Å². The maximum Gasteiger partial charge on any atom is 0.178 e. The molecule has 0 saturated heterocycles. The van der Waals surface area contributed by atoms with Gasteiger partial charge in [0, 0.05) is 16.7 Å². The molecule has 4 nitrogen and oxygen atoms in total. The van der Waals surface area contributed by atoms with Crippen LogP contribution >= 0.6 is 0 Å². The van der Waals surface area contributed by atoms with Crippen molar-refractivity contribution in [2.75, 3.05) is 0 Å². The smallest absolute Gasteiger partial charge is 0.178 e. The van der Waals surface area contributed by atoms with Crippen LogP contribution in [-0.2, 0) is 9.59 Å². The van der Waals surface area contributed by atoms with Crippen molar-refractivity contribution in [3.63, 3.8) is 0 Å². The van der Waals surface area contributed by atoms with E-state index >= 15 is 4.39 Å². The van der Waals surface area contributed by atoms with Gasteiger partial charge in [-0.3, -0.25) is 9.59 Å². The Morgan fingerprint density at radius 1 is 1.30 bits per heavy atom. The molecule has 27 heavy (non-hydrogen) atoms. The fourth-order valence-corrected chi connectivity index (χ4v) is 7.30. The maximum atomic E-state index is 16.8. The Morgan fingerprint density at radius 2 is 1.96 bits per heavy atom. The molecule has 0 amide bonds. The van der Waals surface area contributed by atoms with E-state index in [1.54, 1.807) is 13.0 Å². The molecule has 0 aromatic rings. The van der Waals surface area contributed by atoms with Gasteiger partial charge >= 0.3 is 0 Å². The van der Waals surface area contributed by atoms with E-state index in [1.807, 2.05) is 13.8 Å². The lowest BCUT2D eigenvalue weighted by Gasteiger charge is -2.62. The Morgan fingerprint density at radius 3 is 2.59 bits per heavy atom. The number of hydrogen-bond acceptors (Lipinski definition) is 4. The average molecular weight is 376 g/mol. The molecule has 0 bridgehead atoms. The van der Waals surface area contributed by atoms with Crippen molar-refractivity contribution in [3.05, 3.63) is 23.8 Å². The highest BCUT2D eigenvalue weighted by atomic mass is 19.1. The van der Waals surface area contributed by atoms with E-state index in [9.17, 15) is 19.8 Å². The van der Waals surface area contributed by atoms with Crippen LogP contribution in [-0.4, -0.2) is 39.2 Å². The highest BCUT2D eigenvalue weighted by molar-refractivity contribution is 6.01. The van der Waals surface area contributed by atoms with E-state index in [0.717, 1.165) is 5.57 Å². The Balaban J connectivity index is 1.85. The third-order valence-electron chi connectivity index (χ3n) is 8.76. The standard InChI is InChI=1S/C22H29FO4/c1-12-9-17-16-6-5-14-10-15(25)7-8-19(14,3)21(16,23)18(26)11-20(17,4)22(12,27)13(2)24/h7-8,10,12,16-18,26-27H,5-6,9,11H2,1-4H3/t12-,16?,17?,18?,19-,20-,21-,22-/m0/s1. The van der Waals surface area contributed by atoms with Crippen molar-refractivity contribution in [2.24, 2.45) is 28.6 Å². The van der Waals surface area contributed by atoms with E-state index in [-0.39, 0.29) is 29.8 Å². The number of carbonyl (C=O) groups is 2. The topological polar surface area (TPSA) is 74.6 Å². The fourth-order valence-electron chi connectivity index (χ4n) is 7.30. The highest BCUT2D eigenvalue weighted by Crippen LogP contribution is 2.70. The Bertz CT molecular complexity index is 787. The number of allylic oxidation sites excluding steroid dienone is 4. The van der Waals surface area contributed by atoms with Crippen LogP contribution in [0.15, 0.2) is 23.8 Å². The number of hydrogen-bond donors (Lipinski definition) is 2. The molecule has 8 atom stereocenters. The Hall–Kier alpha value is -1.33. The normalized spacial score (nSPS) is 54.0. The summed E-state index contributed by atoms with van der Waals surface area (Å²) in [6, 6.07) is 0. The van der Waals surface area contributed by atoms with E-state index in [2.05, 4.69) is 0 Å². The summed E-state index contributed by atoms with van der Waals surface area (Å²) in [5.74, 6) is -1.39. The Kier molecular flexibility index (Phi) is 3.79. The quantitative estimate of drug-likeness (QED) is 0.738. The molecule has 4 aliphatic carbocycles. The van der Waals surface area contributed by atoms with Gasteiger partial charge in [0.2, 0.25) is 0 Å². The number of ketones is 2. The maximum absolute atomic E-state index is 16.8. The molecule has 0 radical (unpaired) electrons. The predicted octanol–water partition coefficient (Wildman–Crippen LogP) is 2.92. The van der Waals surface area contributed by atoms with Crippen molar-refractivity contribution in [1.29, 1.82) is 0 Å². The molecule has 0 aromatic heterocycles. The average Bonchev–Trinajstić information content (AvgIpc) is 2.79. The lowest BCUT2D eigenvalue weighted by Crippen LogP contribution is -2.69. The van der Waals surface area contributed by atoms with Gasteiger partial charge in [0.05, 0.1) is 6.10 Å². The first kappa shape index (κ1) is 19.0. The highest BCUT2D eigenvalue weighted by Gasteiger charge is 2.75. The van der Waals surface area contributed by atoms with Crippen molar-refractivity contribution < 1.29 is 24.2 Å². The van der Waals surface area contributed by atoms with Gasteiger partial charge < -0.3 is 10.2 Å². The number of carbonyl (C=O) groups excluding carboxylic acids is 2. The summed E-state index contributed by atoms with van der Waals surface area (Å²) in [6.45, 7) is 6.87. The van der Waals surface area contributed by atoms with E-state index < -0.39 is 34.1 Å². The van der Waals surface area contributed by atoms with Crippen LogP contribution in [0.5, 0.6) is 0 Å². The molecule has 4 aliphatic rings. The minimum absolute atomic E-state index is 0.0374. The van der Waals surface area contributed by atoms with E-state index in [0.29, 0.717) is 19.3 Å². The van der Waals surface area contributed by atoms with Gasteiger partial charge in [0.1, 0.15) is 5.60 Å². The van der Waals surface area contributed by atoms with Gasteiger partial charge in [0.15, 0.2) is 17.2 Å². The van der Waals surface area contributed by atoms with Gasteiger partial charge in [-0.15, -0.1) is 0 Å². The summed E-state index contributed by atoms with van der Waals surface area (Å²) in [5, 5.41) is 22.5. The number of aliphatic hydroxyl groups is 2. The summed E-state index contributed by atoms with van der Waals surface area (Å²) in [5.41, 5.74) is -4.62. The molecule has 5 heteroatoms. The SMILES string of the molecule is CC(=O)[C@@]1(O)[C@@H](C)CC2C3CCC4=CC(=O)C=C[C@]4(C)[C@@]3(F)C(O)C[C@@]21C. The first-order chi connectivity index (χ1) is 12.4. The number of halogens is 1. The zero-order valence-corrected chi connectivity index (χ0v) is 16.5. The molecular formula is C22H29FO4. The first-order valence-corrected chi connectivity index (χ1v) is 9.97. The summed E-state index contributed by atoms with van der Waals surface area (Å²) >= 11 is 0. The number of aliphatic hydroxyl groups excluding tert-OH is 1. The van der Waals surface area contributed by atoms with Crippen LogP contribution in [0, 0.1) is 28.6 Å². The lowest BCUT2D eigenvalue weighted by atomic mass is 9.44. The zero-order valence-electron chi connectivity index (χ0n) is 16.5. The monoisotopic (exact) mass is 376 g/mol. The van der Waals surface area contributed by atoms with Gasteiger partial charge in [-0.1, -0.05) is 25.5 Å². The van der Waals surface area contributed by atoms with Gasteiger partial charge in [-0.05, 0) is 63.5 Å². The molecule has 3 fully saturated rings. The van der Waals surface area contributed by atoms with Gasteiger partial charge in [-0.25, -0.2) is 4.39 Å². The zero-order chi connectivity index (χ0) is 20.0. The third-order valence-corrected chi connectivity index (χ3v) is 8.76. The minimum Gasteiger partial charge on any atom is -0.390 e. The second-order valence-electron chi connectivity index (χ2n) is 9.72. The third kappa shape index (κ3) is 1.95. The van der Waals surface area contributed by atoms with Crippen LogP contribution < -0.4 is 0 Å². The molecular weight excluding hydrogens is 347 g/mol. The molecule has 0 spiro atoms.